The summed E-state index contributed by atoms with van der Waals surface area (Å²) >= 11 is 6.46. The second kappa shape index (κ2) is 6.24. The molecule has 8 nitrogen and oxygen atoms in total. The maximum Gasteiger partial charge on any atom is 0.288 e. The zero-order chi connectivity index (χ0) is 19.3. The van der Waals surface area contributed by atoms with Gasteiger partial charge in [-0.1, -0.05) is 34.9 Å². The van der Waals surface area contributed by atoms with Gasteiger partial charge in [0, 0.05) is 21.7 Å². The monoisotopic (exact) mass is 395 g/mol. The fourth-order valence-corrected chi connectivity index (χ4v) is 3.59. The minimum absolute atomic E-state index is 0.265. The van der Waals surface area contributed by atoms with E-state index in [4.69, 9.17) is 11.6 Å². The smallest absolute Gasteiger partial charge is 0.288 e. The normalized spacial score (nSPS) is 14.9. The van der Waals surface area contributed by atoms with Gasteiger partial charge in [-0.05, 0) is 40.8 Å². The number of hydrogen-bond donors (Lipinski definition) is 2. The van der Waals surface area contributed by atoms with Gasteiger partial charge in [-0.3, -0.25) is 4.79 Å². The van der Waals surface area contributed by atoms with Crippen LogP contribution in [-0.2, 0) is 0 Å². The molecule has 2 aromatic heterocycles. The number of H-pyrrole nitrogens is 1. The molecule has 1 atom stereocenters. The summed E-state index contributed by atoms with van der Waals surface area (Å²) in [6, 6.07) is 12.5. The van der Waals surface area contributed by atoms with Crippen LogP contribution >= 0.6 is 11.6 Å². The quantitative estimate of drug-likeness (QED) is 0.476. The molecule has 4 aromatic rings. The highest BCUT2D eigenvalue weighted by atomic mass is 35.5. The van der Waals surface area contributed by atoms with Gasteiger partial charge in [0.25, 0.3) is 5.56 Å². The van der Waals surface area contributed by atoms with Crippen molar-refractivity contribution in [1.29, 1.82) is 0 Å². The number of rotatable bonds is 2. The van der Waals surface area contributed by atoms with Gasteiger partial charge in [0.15, 0.2) is 0 Å². The van der Waals surface area contributed by atoms with Crippen LogP contribution < -0.4 is 10.9 Å². The molecule has 0 unspecified atom stereocenters. The van der Waals surface area contributed by atoms with E-state index in [0.717, 1.165) is 0 Å². The van der Waals surface area contributed by atoms with Crippen LogP contribution in [0.3, 0.4) is 0 Å². The molecule has 138 valence electrons. The molecule has 0 saturated heterocycles. The zero-order valence-corrected chi connectivity index (χ0v) is 14.9. The van der Waals surface area contributed by atoms with E-state index in [-0.39, 0.29) is 11.5 Å². The van der Waals surface area contributed by atoms with E-state index >= 15 is 0 Å². The fraction of sp³-hybridized carbons (Fsp3) is 0.0556. The Morgan fingerprint density at radius 3 is 2.68 bits per heavy atom. The van der Waals surface area contributed by atoms with Gasteiger partial charge in [0.2, 0.25) is 5.95 Å². The van der Waals surface area contributed by atoms with Gasteiger partial charge in [-0.2, -0.15) is 9.78 Å². The highest BCUT2D eigenvalue weighted by Crippen LogP contribution is 2.42. The second-order valence-corrected chi connectivity index (χ2v) is 6.60. The first-order chi connectivity index (χ1) is 13.6. The van der Waals surface area contributed by atoms with Gasteiger partial charge < -0.3 is 5.32 Å². The van der Waals surface area contributed by atoms with Crippen LogP contribution in [0, 0.1) is 5.82 Å². The third kappa shape index (κ3) is 2.48. The number of halogens is 2. The highest BCUT2D eigenvalue weighted by Gasteiger charge is 2.35. The van der Waals surface area contributed by atoms with Crippen LogP contribution in [0.4, 0.5) is 16.0 Å². The summed E-state index contributed by atoms with van der Waals surface area (Å²) in [5.41, 5.74) is 2.19. The van der Waals surface area contributed by atoms with E-state index in [9.17, 15) is 9.18 Å². The number of fused-ring (bicyclic) bond motifs is 2. The zero-order valence-electron chi connectivity index (χ0n) is 14.1. The van der Waals surface area contributed by atoms with Crippen LogP contribution in [0.1, 0.15) is 17.2 Å². The molecule has 0 bridgehead atoms. The second-order valence-electron chi connectivity index (χ2n) is 6.19. The molecular weight excluding hydrogens is 385 g/mol. The van der Waals surface area contributed by atoms with E-state index in [1.54, 1.807) is 18.2 Å². The van der Waals surface area contributed by atoms with Crippen LogP contribution in [0.15, 0.2) is 53.3 Å². The van der Waals surface area contributed by atoms with Crippen LogP contribution in [0.25, 0.3) is 11.3 Å². The first-order valence-corrected chi connectivity index (χ1v) is 8.69. The van der Waals surface area contributed by atoms with Crippen LogP contribution in [0.5, 0.6) is 0 Å². The van der Waals surface area contributed by atoms with Crippen molar-refractivity contribution >= 4 is 23.2 Å². The summed E-state index contributed by atoms with van der Waals surface area (Å²) in [6.45, 7) is 0. The van der Waals surface area contributed by atoms with Crippen molar-refractivity contribution in [3.8, 4) is 11.3 Å². The summed E-state index contributed by atoms with van der Waals surface area (Å²) in [4.78, 5) is 12.5. The van der Waals surface area contributed by atoms with Gasteiger partial charge in [0.05, 0.1) is 5.69 Å². The molecule has 3 heterocycles. The third-order valence-corrected chi connectivity index (χ3v) is 4.93. The first-order valence-electron chi connectivity index (χ1n) is 8.31. The van der Waals surface area contributed by atoms with Crippen molar-refractivity contribution < 1.29 is 4.39 Å². The summed E-state index contributed by atoms with van der Waals surface area (Å²) in [6.07, 6.45) is 0. The molecule has 1 aliphatic heterocycles. The molecule has 2 N–H and O–H groups in total. The molecular formula is C18H11ClFN7O. The lowest BCUT2D eigenvalue weighted by atomic mass is 9.92. The summed E-state index contributed by atoms with van der Waals surface area (Å²) in [5.74, 6) is -0.0650. The van der Waals surface area contributed by atoms with E-state index in [0.29, 0.717) is 33.4 Å². The predicted molar refractivity (Wildman–Crippen MR) is 100 cm³/mol. The van der Waals surface area contributed by atoms with E-state index < -0.39 is 11.6 Å². The Hall–Kier alpha value is -3.59. The van der Waals surface area contributed by atoms with Crippen molar-refractivity contribution in [3.63, 3.8) is 0 Å². The standard InChI is InChI=1S/C18H11ClFN7O/c19-12-4-2-1-3-11(12)16-13-14(9-5-7-10(20)8-6-9)22-23-17(28)15(13)21-18-24-25-26-27(16)18/h1-8,16H,(H,23,28)(H,21,24,26)/t16-/m0/s1. The minimum atomic E-state index is -0.593. The summed E-state index contributed by atoms with van der Waals surface area (Å²) < 4.78 is 15.0. The molecule has 0 amide bonds. The Morgan fingerprint density at radius 2 is 1.89 bits per heavy atom. The largest absolute Gasteiger partial charge is 0.318 e. The molecule has 0 radical (unpaired) electrons. The summed E-state index contributed by atoms with van der Waals surface area (Å²) in [5, 5.41) is 21.9. The number of aromatic nitrogens is 6. The number of nitrogens with one attached hydrogen (secondary N) is 2. The van der Waals surface area contributed by atoms with E-state index in [2.05, 4.69) is 31.0 Å². The minimum Gasteiger partial charge on any atom is -0.318 e. The van der Waals surface area contributed by atoms with Crippen molar-refractivity contribution in [1.82, 2.24) is 30.4 Å². The summed E-state index contributed by atoms with van der Waals surface area (Å²) in [7, 11) is 0. The van der Waals surface area contributed by atoms with E-state index in [1.165, 1.54) is 16.8 Å². The maximum absolute atomic E-state index is 13.4. The molecule has 0 fully saturated rings. The Bertz CT molecular complexity index is 1250. The van der Waals surface area contributed by atoms with Crippen LogP contribution in [0.2, 0.25) is 5.02 Å². The maximum atomic E-state index is 13.4. The molecule has 0 spiro atoms. The lowest BCUT2D eigenvalue weighted by molar-refractivity contribution is 0.567. The SMILES string of the molecule is O=c1[nH]nc(-c2ccc(F)cc2)c2c1Nc1nnnn1[C@H]2c1ccccc1Cl. The molecule has 10 heteroatoms. The first kappa shape index (κ1) is 16.6. The topological polar surface area (TPSA) is 101 Å². The molecule has 28 heavy (non-hydrogen) atoms. The lowest BCUT2D eigenvalue weighted by Gasteiger charge is -2.28. The predicted octanol–water partition coefficient (Wildman–Crippen LogP) is 2.91. The Kier molecular flexibility index (Phi) is 3.69. The van der Waals surface area contributed by atoms with Gasteiger partial charge >= 0.3 is 0 Å². The molecule has 0 saturated carbocycles. The van der Waals surface area contributed by atoms with Gasteiger partial charge in [-0.25, -0.2) is 9.49 Å². The number of hydrogen-bond acceptors (Lipinski definition) is 6. The number of tetrazole rings is 1. The lowest BCUT2D eigenvalue weighted by Crippen LogP contribution is -2.29. The molecule has 1 aliphatic rings. The van der Waals surface area contributed by atoms with Gasteiger partial charge in [-0.15, -0.1) is 0 Å². The van der Waals surface area contributed by atoms with Crippen molar-refractivity contribution in [2.24, 2.45) is 0 Å². The number of benzene rings is 2. The van der Waals surface area contributed by atoms with E-state index in [1.807, 2.05) is 18.2 Å². The number of anilines is 2. The molecule has 0 aliphatic carbocycles. The molecule has 5 rings (SSSR count). The Balaban J connectivity index is 1.84. The van der Waals surface area contributed by atoms with Crippen molar-refractivity contribution in [3.05, 3.63) is 80.9 Å². The van der Waals surface area contributed by atoms with Crippen molar-refractivity contribution in [2.45, 2.75) is 6.04 Å². The average molecular weight is 396 g/mol. The average Bonchev–Trinajstić information content (AvgIpc) is 3.17. The third-order valence-electron chi connectivity index (χ3n) is 4.59. The van der Waals surface area contributed by atoms with Gasteiger partial charge in [0.1, 0.15) is 17.5 Å². The fourth-order valence-electron chi connectivity index (χ4n) is 3.35. The Labute approximate surface area is 162 Å². The molecule has 2 aromatic carbocycles. The van der Waals surface area contributed by atoms with Crippen LogP contribution in [-0.4, -0.2) is 30.4 Å². The Morgan fingerprint density at radius 1 is 1.11 bits per heavy atom. The number of nitrogens with zero attached hydrogens (tertiary/aromatic N) is 5. The van der Waals surface area contributed by atoms with Crippen molar-refractivity contribution in [2.75, 3.05) is 5.32 Å². The highest BCUT2D eigenvalue weighted by molar-refractivity contribution is 6.31. The number of aromatic amines is 1.